The Kier molecular flexibility index (Phi) is 5.82. The first-order valence-corrected chi connectivity index (χ1v) is 12.6. The van der Waals surface area contributed by atoms with E-state index in [2.05, 4.69) is 110 Å². The minimum atomic E-state index is -0.343. The van der Waals surface area contributed by atoms with Crippen LogP contribution in [0.25, 0.3) is 22.3 Å². The van der Waals surface area contributed by atoms with Gasteiger partial charge in [-0.25, -0.2) is 0 Å². The number of rotatable bonds is 6. The predicted octanol–water partition coefficient (Wildman–Crippen LogP) is 7.77. The van der Waals surface area contributed by atoms with Crippen molar-refractivity contribution < 1.29 is 9.68 Å². The van der Waals surface area contributed by atoms with Gasteiger partial charge in [-0.3, -0.25) is 0 Å². The summed E-state index contributed by atoms with van der Waals surface area (Å²) in [7, 11) is -0.343. The summed E-state index contributed by atoms with van der Waals surface area (Å²) in [6, 6.07) is 42.5. The summed E-state index contributed by atoms with van der Waals surface area (Å²) in [5.41, 5.74) is 10.8. The quantitative estimate of drug-likeness (QED) is 0.252. The summed E-state index contributed by atoms with van der Waals surface area (Å²) >= 11 is 0. The van der Waals surface area contributed by atoms with Crippen LogP contribution in [-0.2, 0) is 5.41 Å². The fraction of sp³-hybridized carbons (Fsp3) is 0.0909. The Balaban J connectivity index is 1.46. The van der Waals surface area contributed by atoms with E-state index in [1.165, 1.54) is 33.4 Å². The lowest BCUT2D eigenvalue weighted by Gasteiger charge is -2.28. The first kappa shape index (κ1) is 23.1. The number of hydrogen-bond donors (Lipinski definition) is 1. The van der Waals surface area contributed by atoms with Crippen LogP contribution >= 0.6 is 0 Å². The maximum absolute atomic E-state index is 9.15. The number of nitrogens with zero attached hydrogens (tertiary/aromatic N) is 1. The molecule has 1 N–H and O–H groups in total. The van der Waals surface area contributed by atoms with Gasteiger partial charge in [0.15, 0.2) is 0 Å². The van der Waals surface area contributed by atoms with Crippen molar-refractivity contribution in [1.82, 2.24) is 0 Å². The van der Waals surface area contributed by atoms with Crippen LogP contribution in [0.5, 0.6) is 5.75 Å². The van der Waals surface area contributed by atoms with E-state index in [0.29, 0.717) is 5.75 Å². The molecular formula is C33H28BNO2. The van der Waals surface area contributed by atoms with Gasteiger partial charge in [-0.2, -0.15) is 0 Å². The molecule has 0 fully saturated rings. The van der Waals surface area contributed by atoms with Crippen LogP contribution in [0.15, 0.2) is 121 Å². The first-order valence-electron chi connectivity index (χ1n) is 12.6. The van der Waals surface area contributed by atoms with Crippen molar-refractivity contribution >= 4 is 24.7 Å². The molecule has 0 aromatic heterocycles. The molecule has 0 unspecified atom stereocenters. The van der Waals surface area contributed by atoms with Gasteiger partial charge in [0.1, 0.15) is 5.75 Å². The highest BCUT2D eigenvalue weighted by atomic mass is 16.5. The molecular weight excluding hydrogens is 453 g/mol. The summed E-state index contributed by atoms with van der Waals surface area (Å²) in [5.74, 6) is 0.635. The van der Waals surface area contributed by atoms with Crippen molar-refractivity contribution in [1.29, 1.82) is 0 Å². The van der Waals surface area contributed by atoms with E-state index in [1.54, 1.807) is 0 Å². The highest BCUT2D eigenvalue weighted by Crippen LogP contribution is 2.50. The normalized spacial score (nSPS) is 12.9. The molecule has 180 valence electrons. The van der Waals surface area contributed by atoms with E-state index in [9.17, 15) is 0 Å². The number of hydrogen-bond acceptors (Lipinski definition) is 3. The Morgan fingerprint density at radius 1 is 0.595 bits per heavy atom. The third kappa shape index (κ3) is 4.10. The molecule has 5 aromatic rings. The van der Waals surface area contributed by atoms with Crippen molar-refractivity contribution in [3.05, 3.63) is 132 Å². The van der Waals surface area contributed by atoms with Gasteiger partial charge in [0.25, 0.3) is 0 Å². The molecule has 0 aliphatic heterocycles. The van der Waals surface area contributed by atoms with Gasteiger partial charge in [0, 0.05) is 22.5 Å². The molecule has 4 heteroatoms. The molecule has 0 atom stereocenters. The zero-order valence-corrected chi connectivity index (χ0v) is 21.1. The minimum Gasteiger partial charge on any atom is -0.539 e. The van der Waals surface area contributed by atoms with E-state index in [-0.39, 0.29) is 13.1 Å². The van der Waals surface area contributed by atoms with Crippen LogP contribution in [0.1, 0.15) is 25.0 Å². The van der Waals surface area contributed by atoms with E-state index in [4.69, 9.17) is 9.68 Å². The molecule has 1 aliphatic rings. The van der Waals surface area contributed by atoms with Gasteiger partial charge < -0.3 is 14.6 Å². The Hall–Kier alpha value is -4.28. The molecule has 5 aromatic carbocycles. The second-order valence-electron chi connectivity index (χ2n) is 9.92. The van der Waals surface area contributed by atoms with Crippen LogP contribution in [0.4, 0.5) is 17.1 Å². The number of fused-ring (bicyclic) bond motifs is 3. The molecule has 1 aliphatic carbocycles. The molecule has 0 bridgehead atoms. The van der Waals surface area contributed by atoms with E-state index in [0.717, 1.165) is 17.1 Å². The summed E-state index contributed by atoms with van der Waals surface area (Å²) in [4.78, 5) is 2.27. The van der Waals surface area contributed by atoms with E-state index >= 15 is 0 Å². The topological polar surface area (TPSA) is 32.7 Å². The molecule has 0 amide bonds. The lowest BCUT2D eigenvalue weighted by molar-refractivity contribution is 0.454. The van der Waals surface area contributed by atoms with Gasteiger partial charge in [-0.15, -0.1) is 0 Å². The van der Waals surface area contributed by atoms with Crippen molar-refractivity contribution in [3.8, 4) is 28.0 Å². The second kappa shape index (κ2) is 9.31. The SMILES string of the molecule is CC1(C)c2ccccc2-c2ccc(N(c3ccc(OBO)cc3)c3ccc(-c4ccccc4)cc3)cc21. The van der Waals surface area contributed by atoms with Crippen molar-refractivity contribution in [2.75, 3.05) is 4.90 Å². The summed E-state index contributed by atoms with van der Waals surface area (Å²) in [6.45, 7) is 4.61. The molecule has 6 rings (SSSR count). The van der Waals surface area contributed by atoms with Crippen LogP contribution in [0.3, 0.4) is 0 Å². The average Bonchev–Trinajstić information content (AvgIpc) is 3.17. The standard InChI is InChI=1S/C33H28BNO2/c1-33(2)31-11-7-6-10-29(31)30-21-18-27(22-32(30)33)35(26-16-19-28(20-17-26)37-34-36)25-14-12-24(13-15-25)23-8-4-3-5-9-23/h3-22,34,36H,1-2H3. The predicted molar refractivity (Wildman–Crippen MR) is 154 cm³/mol. The van der Waals surface area contributed by atoms with Crippen molar-refractivity contribution in [2.24, 2.45) is 0 Å². The third-order valence-corrected chi connectivity index (χ3v) is 7.38. The van der Waals surface area contributed by atoms with Gasteiger partial charge in [-0.05, 0) is 81.9 Å². The van der Waals surface area contributed by atoms with Gasteiger partial charge >= 0.3 is 7.69 Å². The summed E-state index contributed by atoms with van der Waals surface area (Å²) < 4.78 is 5.28. The average molecular weight is 481 g/mol. The molecule has 0 saturated carbocycles. The Bertz CT molecular complexity index is 1540. The Morgan fingerprint density at radius 2 is 1.16 bits per heavy atom. The van der Waals surface area contributed by atoms with Crippen molar-refractivity contribution in [2.45, 2.75) is 19.3 Å². The second-order valence-corrected chi connectivity index (χ2v) is 9.92. The van der Waals surface area contributed by atoms with E-state index in [1.807, 2.05) is 30.3 Å². The lowest BCUT2D eigenvalue weighted by Crippen LogP contribution is -2.16. The zero-order chi connectivity index (χ0) is 25.4. The largest absolute Gasteiger partial charge is 0.539 e. The maximum Gasteiger partial charge on any atom is 0.504 e. The molecule has 37 heavy (non-hydrogen) atoms. The molecule has 0 spiro atoms. The molecule has 0 saturated heterocycles. The molecule has 0 radical (unpaired) electrons. The first-order chi connectivity index (χ1) is 18.1. The third-order valence-electron chi connectivity index (χ3n) is 7.38. The van der Waals surface area contributed by atoms with Crippen LogP contribution in [-0.4, -0.2) is 12.7 Å². The highest BCUT2D eigenvalue weighted by molar-refractivity contribution is 6.17. The summed E-state index contributed by atoms with van der Waals surface area (Å²) in [5, 5.41) is 9.15. The van der Waals surface area contributed by atoms with E-state index < -0.39 is 0 Å². The van der Waals surface area contributed by atoms with Crippen LogP contribution in [0.2, 0.25) is 0 Å². The smallest absolute Gasteiger partial charge is 0.504 e. The minimum absolute atomic E-state index is 0.0798. The van der Waals surface area contributed by atoms with Gasteiger partial charge in [0.2, 0.25) is 0 Å². The van der Waals surface area contributed by atoms with Crippen LogP contribution in [0, 0.1) is 0 Å². The highest BCUT2D eigenvalue weighted by Gasteiger charge is 2.35. The Morgan fingerprint density at radius 3 is 1.86 bits per heavy atom. The fourth-order valence-electron chi connectivity index (χ4n) is 5.48. The fourth-order valence-corrected chi connectivity index (χ4v) is 5.48. The maximum atomic E-state index is 9.15. The lowest BCUT2D eigenvalue weighted by atomic mass is 9.82. The molecule has 0 heterocycles. The zero-order valence-electron chi connectivity index (χ0n) is 21.1. The van der Waals surface area contributed by atoms with Gasteiger partial charge in [0.05, 0.1) is 0 Å². The monoisotopic (exact) mass is 481 g/mol. The molecule has 3 nitrogen and oxygen atoms in total. The van der Waals surface area contributed by atoms with Crippen molar-refractivity contribution in [3.63, 3.8) is 0 Å². The number of benzene rings is 5. The summed E-state index contributed by atoms with van der Waals surface area (Å²) in [6.07, 6.45) is 0. The Labute approximate surface area is 218 Å². The van der Waals surface area contributed by atoms with Crippen LogP contribution < -0.4 is 9.55 Å². The number of anilines is 3. The van der Waals surface area contributed by atoms with Gasteiger partial charge in [-0.1, -0.05) is 86.6 Å².